The maximum Gasteiger partial charge on any atom is 0.389 e. The highest BCUT2D eigenvalue weighted by atomic mass is 32.2. The van der Waals surface area contributed by atoms with E-state index in [0.717, 1.165) is 43.4 Å². The lowest BCUT2D eigenvalue weighted by Gasteiger charge is -2.31. The zero-order valence-corrected chi connectivity index (χ0v) is 23.3. The number of halogens is 3. The van der Waals surface area contributed by atoms with Gasteiger partial charge in [-0.3, -0.25) is 4.57 Å². The Kier molecular flexibility index (Phi) is 10.9. The number of fused-ring (bicyclic) bond motifs is 1. The van der Waals surface area contributed by atoms with Crippen LogP contribution in [-0.4, -0.2) is 101 Å². The molecule has 4 rings (SSSR count). The predicted octanol–water partition coefficient (Wildman–Crippen LogP) is 4.55. The first-order chi connectivity index (χ1) is 17.9. The van der Waals surface area contributed by atoms with Crippen LogP contribution in [0.15, 0.2) is 11.5 Å². The summed E-state index contributed by atoms with van der Waals surface area (Å²) in [5, 5.41) is 3.53. The summed E-state index contributed by atoms with van der Waals surface area (Å²) in [4.78, 5) is 13.5. The summed E-state index contributed by atoms with van der Waals surface area (Å²) in [5.74, 6) is 1.21. The standard InChI is InChI=1S/C21H32F3N6O4PS2/c1-31-35(29-7-9-32-10-8-29)33-13-15-3-4-16(34-15)30-14-26-17-18(25-6-12-36-2)27-20(28-19(17)30)37-11-5-21(22,23)24/h14-16H,3-13H2,1-2H3,(H,25,27,28). The van der Waals surface area contributed by atoms with Crippen LogP contribution in [0.1, 0.15) is 25.5 Å². The zero-order chi connectivity index (χ0) is 26.3. The number of anilines is 1. The van der Waals surface area contributed by atoms with Crippen LogP contribution in [0, 0.1) is 0 Å². The molecule has 2 aromatic heterocycles. The molecule has 2 fully saturated rings. The molecule has 16 heteroatoms. The van der Waals surface area contributed by atoms with E-state index in [0.29, 0.717) is 43.3 Å². The summed E-state index contributed by atoms with van der Waals surface area (Å²) in [6, 6.07) is 0. The number of hydrogen-bond acceptors (Lipinski definition) is 11. The van der Waals surface area contributed by atoms with Gasteiger partial charge in [-0.1, -0.05) is 11.8 Å². The van der Waals surface area contributed by atoms with Gasteiger partial charge in [0, 0.05) is 38.2 Å². The molecule has 208 valence electrons. The molecule has 0 aromatic carbocycles. The highest BCUT2D eigenvalue weighted by molar-refractivity contribution is 7.99. The minimum Gasteiger partial charge on any atom is -0.379 e. The van der Waals surface area contributed by atoms with Crippen molar-refractivity contribution in [1.82, 2.24) is 24.2 Å². The van der Waals surface area contributed by atoms with Gasteiger partial charge < -0.3 is 23.8 Å². The molecular weight excluding hydrogens is 552 g/mol. The molecule has 0 bridgehead atoms. The van der Waals surface area contributed by atoms with Crippen molar-refractivity contribution in [2.45, 2.75) is 42.9 Å². The molecule has 4 heterocycles. The molecule has 3 unspecified atom stereocenters. The summed E-state index contributed by atoms with van der Waals surface area (Å²) >= 11 is 2.66. The SMILES string of the molecule is COP(OCC1CCC(n2cnc3c(NCCSC)nc(SCCC(F)(F)F)nc32)O1)N1CCOCC1. The molecule has 2 saturated heterocycles. The molecule has 2 aliphatic heterocycles. The van der Waals surface area contributed by atoms with Crippen molar-refractivity contribution < 1.29 is 31.7 Å². The fourth-order valence-electron chi connectivity index (χ4n) is 3.95. The van der Waals surface area contributed by atoms with E-state index < -0.39 is 21.1 Å². The molecule has 0 radical (unpaired) electrons. The van der Waals surface area contributed by atoms with Gasteiger partial charge in [0.05, 0.1) is 38.7 Å². The Morgan fingerprint density at radius 3 is 2.76 bits per heavy atom. The van der Waals surface area contributed by atoms with Crippen molar-refractivity contribution in [3.63, 3.8) is 0 Å². The molecule has 3 atom stereocenters. The summed E-state index contributed by atoms with van der Waals surface area (Å²) < 4.78 is 65.3. The summed E-state index contributed by atoms with van der Waals surface area (Å²) in [6.07, 6.45) is -0.378. The summed E-state index contributed by atoms with van der Waals surface area (Å²) in [5.41, 5.74) is 1.11. The minimum absolute atomic E-state index is 0.120. The van der Waals surface area contributed by atoms with E-state index in [9.17, 15) is 13.2 Å². The van der Waals surface area contributed by atoms with Gasteiger partial charge in [-0.15, -0.1) is 0 Å². The van der Waals surface area contributed by atoms with Gasteiger partial charge in [-0.2, -0.15) is 24.9 Å². The number of imidazole rings is 1. The highest BCUT2D eigenvalue weighted by Gasteiger charge is 2.31. The third kappa shape index (κ3) is 8.28. The maximum absolute atomic E-state index is 12.7. The lowest BCUT2D eigenvalue weighted by molar-refractivity contribution is -0.129. The maximum atomic E-state index is 12.7. The number of morpholine rings is 1. The van der Waals surface area contributed by atoms with Crippen LogP contribution in [0.4, 0.5) is 19.0 Å². The Bertz CT molecular complexity index is 1000. The van der Waals surface area contributed by atoms with E-state index >= 15 is 0 Å². The number of ether oxygens (including phenoxy) is 2. The first kappa shape index (κ1) is 29.1. The highest BCUT2D eigenvalue weighted by Crippen LogP contribution is 2.43. The fraction of sp³-hybridized carbons (Fsp3) is 0.762. The van der Waals surface area contributed by atoms with Gasteiger partial charge in [0.1, 0.15) is 6.23 Å². The molecule has 0 saturated carbocycles. The molecule has 10 nitrogen and oxygen atoms in total. The monoisotopic (exact) mass is 584 g/mol. The zero-order valence-electron chi connectivity index (χ0n) is 20.8. The van der Waals surface area contributed by atoms with Crippen LogP contribution in [-0.2, 0) is 18.5 Å². The first-order valence-corrected chi connectivity index (χ1v) is 15.5. The average molecular weight is 585 g/mol. The Hall–Kier alpha value is -0.930. The summed E-state index contributed by atoms with van der Waals surface area (Å²) in [6.45, 7) is 3.91. The lowest BCUT2D eigenvalue weighted by atomic mass is 10.2. The normalized spacial score (nSPS) is 22.1. The van der Waals surface area contributed by atoms with Gasteiger partial charge in [-0.05, 0) is 19.1 Å². The fourth-order valence-corrected chi connectivity index (χ4v) is 6.36. The second-order valence-corrected chi connectivity index (χ2v) is 12.1. The number of hydrogen-bond donors (Lipinski definition) is 1. The van der Waals surface area contributed by atoms with E-state index in [1.165, 1.54) is 0 Å². The Morgan fingerprint density at radius 2 is 2.03 bits per heavy atom. The van der Waals surface area contributed by atoms with Gasteiger partial charge >= 0.3 is 6.18 Å². The van der Waals surface area contributed by atoms with Gasteiger partial charge in [0.15, 0.2) is 22.1 Å². The molecule has 37 heavy (non-hydrogen) atoms. The molecule has 0 spiro atoms. The Morgan fingerprint density at radius 1 is 1.22 bits per heavy atom. The number of aromatic nitrogens is 4. The van der Waals surface area contributed by atoms with Crippen molar-refractivity contribution >= 4 is 49.0 Å². The van der Waals surface area contributed by atoms with Crippen LogP contribution >= 0.6 is 32.0 Å². The van der Waals surface area contributed by atoms with Crippen LogP contribution < -0.4 is 5.32 Å². The van der Waals surface area contributed by atoms with Crippen molar-refractivity contribution in [2.75, 3.05) is 69.6 Å². The molecule has 0 amide bonds. The van der Waals surface area contributed by atoms with Gasteiger partial charge in [-0.25, -0.2) is 19.6 Å². The number of alkyl halides is 3. The van der Waals surface area contributed by atoms with E-state index in [1.54, 1.807) is 25.2 Å². The first-order valence-electron chi connectivity index (χ1n) is 12.0. The predicted molar refractivity (Wildman–Crippen MR) is 139 cm³/mol. The molecule has 0 aliphatic carbocycles. The van der Waals surface area contributed by atoms with Gasteiger partial charge in [0.25, 0.3) is 8.53 Å². The number of thioether (sulfide) groups is 2. The van der Waals surface area contributed by atoms with Crippen LogP contribution in [0.5, 0.6) is 0 Å². The number of nitrogens with zero attached hydrogens (tertiary/aromatic N) is 5. The number of rotatable bonds is 13. The minimum atomic E-state index is -4.22. The van der Waals surface area contributed by atoms with E-state index in [1.807, 2.05) is 10.8 Å². The second kappa shape index (κ2) is 13.9. The van der Waals surface area contributed by atoms with Crippen molar-refractivity contribution in [2.24, 2.45) is 0 Å². The van der Waals surface area contributed by atoms with Crippen LogP contribution in [0.3, 0.4) is 0 Å². The van der Waals surface area contributed by atoms with Crippen molar-refractivity contribution in [3.05, 3.63) is 6.33 Å². The Balaban J connectivity index is 1.43. The van der Waals surface area contributed by atoms with Crippen LogP contribution in [0.25, 0.3) is 11.2 Å². The summed E-state index contributed by atoms with van der Waals surface area (Å²) in [7, 11) is 0.474. The molecule has 2 aromatic rings. The second-order valence-electron chi connectivity index (χ2n) is 8.38. The van der Waals surface area contributed by atoms with E-state index in [2.05, 4.69) is 24.9 Å². The number of nitrogens with one attached hydrogen (secondary N) is 1. The smallest absolute Gasteiger partial charge is 0.379 e. The van der Waals surface area contributed by atoms with Crippen molar-refractivity contribution in [3.8, 4) is 0 Å². The van der Waals surface area contributed by atoms with Gasteiger partial charge in [0.2, 0.25) is 0 Å². The topological polar surface area (TPSA) is 95.8 Å². The van der Waals surface area contributed by atoms with Crippen molar-refractivity contribution in [1.29, 1.82) is 0 Å². The quantitative estimate of drug-likeness (QED) is 0.156. The molecule has 2 aliphatic rings. The molecule has 1 N–H and O–H groups in total. The third-order valence-corrected chi connectivity index (χ3v) is 8.76. The Labute approximate surface area is 223 Å². The lowest BCUT2D eigenvalue weighted by Crippen LogP contribution is -2.33. The van der Waals surface area contributed by atoms with E-state index in [4.69, 9.17) is 18.5 Å². The van der Waals surface area contributed by atoms with Crippen LogP contribution in [0.2, 0.25) is 0 Å². The third-order valence-electron chi connectivity index (χ3n) is 5.76. The largest absolute Gasteiger partial charge is 0.389 e. The van der Waals surface area contributed by atoms with E-state index in [-0.39, 0.29) is 23.2 Å². The average Bonchev–Trinajstić information content (AvgIpc) is 3.51. The molecular formula is C21H32F3N6O4PS2.